The predicted octanol–water partition coefficient (Wildman–Crippen LogP) is 3.27. The van der Waals surface area contributed by atoms with Crippen molar-refractivity contribution in [3.05, 3.63) is 34.5 Å². The Kier molecular flexibility index (Phi) is 3.48. The molecule has 4 nitrogen and oxygen atoms in total. The van der Waals surface area contributed by atoms with Crippen molar-refractivity contribution < 1.29 is 0 Å². The van der Waals surface area contributed by atoms with Crippen molar-refractivity contribution in [3.8, 4) is 0 Å². The van der Waals surface area contributed by atoms with Crippen molar-refractivity contribution in [1.82, 2.24) is 9.78 Å². The highest BCUT2D eigenvalue weighted by Gasteiger charge is 2.12. The Morgan fingerprint density at radius 2 is 2.17 bits per heavy atom. The van der Waals surface area contributed by atoms with Crippen LogP contribution in [0.25, 0.3) is 0 Å². The number of anilines is 3. The van der Waals surface area contributed by atoms with E-state index in [0.717, 1.165) is 34.2 Å². The maximum atomic E-state index is 6.10. The summed E-state index contributed by atoms with van der Waals surface area (Å²) in [5, 5.41) is 8.35. The standard InChI is InChI=1S/C13H17ClN4/c1-4-11-12(15)13(18(3)17-11)16-9-6-5-8(2)10(14)7-9/h5-7,16H,4,15H2,1-3H3. The van der Waals surface area contributed by atoms with Crippen LogP contribution in [-0.4, -0.2) is 9.78 Å². The second-order valence-electron chi connectivity index (χ2n) is 4.28. The Balaban J connectivity index is 2.33. The summed E-state index contributed by atoms with van der Waals surface area (Å²) in [5.41, 5.74) is 9.60. The first-order valence-corrected chi connectivity index (χ1v) is 6.25. The number of halogens is 1. The van der Waals surface area contributed by atoms with Crippen LogP contribution in [0.2, 0.25) is 5.02 Å². The summed E-state index contributed by atoms with van der Waals surface area (Å²) < 4.78 is 1.75. The van der Waals surface area contributed by atoms with Crippen LogP contribution >= 0.6 is 11.6 Å². The van der Waals surface area contributed by atoms with Gasteiger partial charge in [-0.2, -0.15) is 5.10 Å². The lowest BCUT2D eigenvalue weighted by atomic mass is 10.2. The van der Waals surface area contributed by atoms with E-state index in [-0.39, 0.29) is 0 Å². The van der Waals surface area contributed by atoms with Crippen LogP contribution in [0.4, 0.5) is 17.2 Å². The van der Waals surface area contributed by atoms with Crippen molar-refractivity contribution in [2.24, 2.45) is 7.05 Å². The molecule has 0 aliphatic rings. The smallest absolute Gasteiger partial charge is 0.152 e. The van der Waals surface area contributed by atoms with Gasteiger partial charge in [-0.25, -0.2) is 0 Å². The van der Waals surface area contributed by atoms with E-state index in [0.29, 0.717) is 5.69 Å². The van der Waals surface area contributed by atoms with E-state index < -0.39 is 0 Å². The molecule has 0 spiro atoms. The third-order valence-electron chi connectivity index (χ3n) is 2.93. The normalized spacial score (nSPS) is 10.7. The largest absolute Gasteiger partial charge is 0.394 e. The Morgan fingerprint density at radius 3 is 2.72 bits per heavy atom. The first-order chi connectivity index (χ1) is 8.52. The predicted molar refractivity (Wildman–Crippen MR) is 76.5 cm³/mol. The lowest BCUT2D eigenvalue weighted by Crippen LogP contribution is -2.01. The van der Waals surface area contributed by atoms with E-state index in [1.807, 2.05) is 39.1 Å². The molecule has 2 rings (SSSR count). The highest BCUT2D eigenvalue weighted by atomic mass is 35.5. The van der Waals surface area contributed by atoms with Crippen LogP contribution < -0.4 is 11.1 Å². The Labute approximate surface area is 112 Å². The van der Waals surface area contributed by atoms with E-state index in [4.69, 9.17) is 17.3 Å². The number of aromatic nitrogens is 2. The molecule has 5 heteroatoms. The molecule has 3 N–H and O–H groups in total. The summed E-state index contributed by atoms with van der Waals surface area (Å²) in [6, 6.07) is 5.83. The SMILES string of the molecule is CCc1nn(C)c(Nc2ccc(C)c(Cl)c2)c1N. The maximum absolute atomic E-state index is 6.10. The number of nitrogen functional groups attached to an aromatic ring is 1. The minimum atomic E-state index is 0.691. The number of hydrogen-bond donors (Lipinski definition) is 2. The second kappa shape index (κ2) is 4.90. The van der Waals surface area contributed by atoms with Gasteiger partial charge < -0.3 is 11.1 Å². The zero-order valence-electron chi connectivity index (χ0n) is 10.8. The average molecular weight is 265 g/mol. The van der Waals surface area contributed by atoms with Gasteiger partial charge in [0.2, 0.25) is 0 Å². The van der Waals surface area contributed by atoms with Crippen LogP contribution in [0, 0.1) is 6.92 Å². The van der Waals surface area contributed by atoms with Gasteiger partial charge in [-0.05, 0) is 31.0 Å². The summed E-state index contributed by atoms with van der Waals surface area (Å²) in [7, 11) is 1.87. The summed E-state index contributed by atoms with van der Waals surface area (Å²) in [6.07, 6.45) is 0.815. The monoisotopic (exact) mass is 264 g/mol. The average Bonchev–Trinajstić information content (AvgIpc) is 2.61. The third-order valence-corrected chi connectivity index (χ3v) is 3.34. The molecule has 0 aliphatic carbocycles. The van der Waals surface area contributed by atoms with Gasteiger partial charge in [-0.1, -0.05) is 24.6 Å². The molecule has 0 unspecified atom stereocenters. The molecule has 0 radical (unpaired) electrons. The number of hydrogen-bond acceptors (Lipinski definition) is 3. The quantitative estimate of drug-likeness (QED) is 0.895. The van der Waals surface area contributed by atoms with Gasteiger partial charge in [0.15, 0.2) is 5.82 Å². The molecule has 0 saturated heterocycles. The number of nitrogens with one attached hydrogen (secondary N) is 1. The lowest BCUT2D eigenvalue weighted by molar-refractivity contribution is 0.753. The van der Waals surface area contributed by atoms with Gasteiger partial charge in [0.25, 0.3) is 0 Å². The number of benzene rings is 1. The summed E-state index contributed by atoms with van der Waals surface area (Å²) in [5.74, 6) is 0.798. The van der Waals surface area contributed by atoms with Crippen LogP contribution in [-0.2, 0) is 13.5 Å². The summed E-state index contributed by atoms with van der Waals surface area (Å²) >= 11 is 6.10. The van der Waals surface area contributed by atoms with Crippen molar-refractivity contribution in [2.45, 2.75) is 20.3 Å². The molecule has 96 valence electrons. The van der Waals surface area contributed by atoms with Crippen molar-refractivity contribution in [3.63, 3.8) is 0 Å². The molecule has 0 atom stereocenters. The Bertz CT molecular complexity index is 575. The van der Waals surface area contributed by atoms with E-state index in [1.165, 1.54) is 0 Å². The van der Waals surface area contributed by atoms with Crippen molar-refractivity contribution >= 4 is 28.8 Å². The fourth-order valence-corrected chi connectivity index (χ4v) is 1.99. The Hall–Kier alpha value is -1.68. The zero-order valence-corrected chi connectivity index (χ0v) is 11.5. The highest BCUT2D eigenvalue weighted by Crippen LogP contribution is 2.28. The van der Waals surface area contributed by atoms with Gasteiger partial charge in [0.05, 0.1) is 11.4 Å². The molecule has 0 amide bonds. The van der Waals surface area contributed by atoms with Crippen molar-refractivity contribution in [1.29, 1.82) is 0 Å². The molecule has 0 fully saturated rings. The molecule has 18 heavy (non-hydrogen) atoms. The number of rotatable bonds is 3. The minimum absolute atomic E-state index is 0.691. The molecular formula is C13H17ClN4. The molecule has 0 bridgehead atoms. The maximum Gasteiger partial charge on any atom is 0.152 e. The first-order valence-electron chi connectivity index (χ1n) is 5.87. The summed E-state index contributed by atoms with van der Waals surface area (Å²) in [6.45, 7) is 4.00. The zero-order chi connectivity index (χ0) is 13.3. The molecular weight excluding hydrogens is 248 g/mol. The van der Waals surface area contributed by atoms with E-state index >= 15 is 0 Å². The second-order valence-corrected chi connectivity index (χ2v) is 4.68. The van der Waals surface area contributed by atoms with Crippen LogP contribution in [0.5, 0.6) is 0 Å². The highest BCUT2D eigenvalue weighted by molar-refractivity contribution is 6.31. The Morgan fingerprint density at radius 1 is 1.44 bits per heavy atom. The topological polar surface area (TPSA) is 55.9 Å². The van der Waals surface area contributed by atoms with Gasteiger partial charge >= 0.3 is 0 Å². The van der Waals surface area contributed by atoms with Crippen LogP contribution in [0.15, 0.2) is 18.2 Å². The van der Waals surface area contributed by atoms with Gasteiger partial charge in [0, 0.05) is 17.8 Å². The number of aryl methyl sites for hydroxylation is 3. The van der Waals surface area contributed by atoms with Crippen LogP contribution in [0.3, 0.4) is 0 Å². The summed E-state index contributed by atoms with van der Waals surface area (Å²) in [4.78, 5) is 0. The molecule has 2 aromatic rings. The van der Waals surface area contributed by atoms with E-state index in [2.05, 4.69) is 10.4 Å². The number of nitrogens with two attached hydrogens (primary N) is 1. The van der Waals surface area contributed by atoms with Gasteiger partial charge in [-0.3, -0.25) is 4.68 Å². The number of nitrogens with zero attached hydrogens (tertiary/aromatic N) is 2. The van der Waals surface area contributed by atoms with E-state index in [9.17, 15) is 0 Å². The molecule has 0 saturated carbocycles. The van der Waals surface area contributed by atoms with Crippen molar-refractivity contribution in [2.75, 3.05) is 11.1 Å². The minimum Gasteiger partial charge on any atom is -0.394 e. The molecule has 1 aromatic heterocycles. The third kappa shape index (κ3) is 2.29. The van der Waals surface area contributed by atoms with Gasteiger partial charge in [0.1, 0.15) is 0 Å². The van der Waals surface area contributed by atoms with E-state index in [1.54, 1.807) is 4.68 Å². The fourth-order valence-electron chi connectivity index (χ4n) is 1.81. The van der Waals surface area contributed by atoms with Crippen LogP contribution in [0.1, 0.15) is 18.2 Å². The molecule has 1 heterocycles. The van der Waals surface area contributed by atoms with Gasteiger partial charge in [-0.15, -0.1) is 0 Å². The lowest BCUT2D eigenvalue weighted by Gasteiger charge is -2.09. The first kappa shape index (κ1) is 12.8. The molecule has 0 aliphatic heterocycles. The fraction of sp³-hybridized carbons (Fsp3) is 0.308. The molecule has 1 aromatic carbocycles.